The molecule has 1 aliphatic rings. The fourth-order valence-electron chi connectivity index (χ4n) is 2.05. The zero-order valence-electron chi connectivity index (χ0n) is 9.96. The number of carbonyl (C=O) groups excluding carboxylic acids is 1. The number of amides is 2. The Kier molecular flexibility index (Phi) is 4.19. The highest BCUT2D eigenvalue weighted by atomic mass is 32.1. The van der Waals surface area contributed by atoms with E-state index in [4.69, 9.17) is 5.11 Å². The molecule has 1 saturated heterocycles. The number of urea groups is 1. The molecule has 1 aromatic heterocycles. The number of piperidine rings is 1. The molecular formula is C12H16N2O3S. The maximum absolute atomic E-state index is 11.9. The zero-order valence-corrected chi connectivity index (χ0v) is 10.8. The summed E-state index contributed by atoms with van der Waals surface area (Å²) in [6, 6.07) is 3.73. The molecular weight excluding hydrogens is 252 g/mol. The molecule has 98 valence electrons. The largest absolute Gasteiger partial charge is 0.481 e. The second kappa shape index (κ2) is 5.86. The third-order valence-corrected chi connectivity index (χ3v) is 3.93. The maximum atomic E-state index is 11.9. The second-order valence-corrected chi connectivity index (χ2v) is 5.39. The van der Waals surface area contributed by atoms with Crippen LogP contribution in [0.25, 0.3) is 0 Å². The molecule has 0 spiro atoms. The topological polar surface area (TPSA) is 69.6 Å². The molecule has 0 bridgehead atoms. The molecule has 2 N–H and O–H groups in total. The van der Waals surface area contributed by atoms with Gasteiger partial charge in [-0.3, -0.25) is 4.79 Å². The van der Waals surface area contributed by atoms with E-state index in [-0.39, 0.29) is 6.03 Å². The number of likely N-dealkylation sites (tertiary alicyclic amines) is 1. The van der Waals surface area contributed by atoms with Gasteiger partial charge in [0.05, 0.1) is 12.5 Å². The van der Waals surface area contributed by atoms with Crippen molar-refractivity contribution >= 4 is 23.3 Å². The maximum Gasteiger partial charge on any atom is 0.317 e. The summed E-state index contributed by atoms with van der Waals surface area (Å²) in [6.45, 7) is 1.45. The Bertz CT molecular complexity index is 419. The van der Waals surface area contributed by atoms with Crippen molar-refractivity contribution in [2.75, 3.05) is 13.1 Å². The van der Waals surface area contributed by atoms with Crippen molar-refractivity contribution in [3.05, 3.63) is 22.4 Å². The average molecular weight is 268 g/mol. The fraction of sp³-hybridized carbons (Fsp3) is 0.500. The van der Waals surface area contributed by atoms with Gasteiger partial charge in [-0.1, -0.05) is 6.07 Å². The minimum Gasteiger partial charge on any atom is -0.481 e. The predicted molar refractivity (Wildman–Crippen MR) is 68.5 cm³/mol. The van der Waals surface area contributed by atoms with E-state index in [1.165, 1.54) is 0 Å². The number of carboxylic acids is 1. The lowest BCUT2D eigenvalue weighted by Gasteiger charge is -2.30. The first-order valence-corrected chi connectivity index (χ1v) is 6.83. The molecule has 1 aromatic rings. The molecule has 1 atom stereocenters. The number of nitrogens with zero attached hydrogens (tertiary/aromatic N) is 1. The van der Waals surface area contributed by atoms with E-state index in [9.17, 15) is 9.59 Å². The molecule has 0 unspecified atom stereocenters. The van der Waals surface area contributed by atoms with E-state index in [1.807, 2.05) is 17.5 Å². The molecule has 1 fully saturated rings. The van der Waals surface area contributed by atoms with E-state index in [0.717, 1.165) is 11.3 Å². The summed E-state index contributed by atoms with van der Waals surface area (Å²) >= 11 is 1.59. The van der Waals surface area contributed by atoms with E-state index < -0.39 is 11.9 Å². The lowest BCUT2D eigenvalue weighted by Crippen LogP contribution is -2.46. The van der Waals surface area contributed by atoms with E-state index in [2.05, 4.69) is 5.32 Å². The summed E-state index contributed by atoms with van der Waals surface area (Å²) in [4.78, 5) is 25.5. The first-order chi connectivity index (χ1) is 8.66. The van der Waals surface area contributed by atoms with Gasteiger partial charge in [0.15, 0.2) is 0 Å². The Hall–Kier alpha value is -1.56. The molecule has 5 nitrogen and oxygen atoms in total. The molecule has 1 aliphatic heterocycles. The third-order valence-electron chi connectivity index (χ3n) is 3.05. The van der Waals surface area contributed by atoms with Crippen LogP contribution in [0.2, 0.25) is 0 Å². The van der Waals surface area contributed by atoms with Gasteiger partial charge in [0.25, 0.3) is 0 Å². The summed E-state index contributed by atoms with van der Waals surface area (Å²) in [5.74, 6) is -1.24. The SMILES string of the molecule is O=C(O)[C@H]1CCCN(C(=O)NCc2cccs2)C1. The number of carboxylic acid groups (broad SMARTS) is 1. The summed E-state index contributed by atoms with van der Waals surface area (Å²) in [6.07, 6.45) is 1.41. The Balaban J connectivity index is 1.83. The van der Waals surface area contributed by atoms with E-state index in [0.29, 0.717) is 26.1 Å². The third kappa shape index (κ3) is 3.22. The summed E-state index contributed by atoms with van der Waals surface area (Å²) < 4.78 is 0. The molecule has 2 amide bonds. The fourth-order valence-corrected chi connectivity index (χ4v) is 2.70. The van der Waals surface area contributed by atoms with Crippen molar-refractivity contribution in [1.82, 2.24) is 10.2 Å². The summed E-state index contributed by atoms with van der Waals surface area (Å²) in [5.41, 5.74) is 0. The van der Waals surface area contributed by atoms with Crippen LogP contribution in [0.4, 0.5) is 4.79 Å². The number of thiophene rings is 1. The molecule has 18 heavy (non-hydrogen) atoms. The van der Waals surface area contributed by atoms with Crippen LogP contribution in [0, 0.1) is 5.92 Å². The van der Waals surface area contributed by atoms with Crippen molar-refractivity contribution in [3.63, 3.8) is 0 Å². The normalized spacial score (nSPS) is 19.6. The van der Waals surface area contributed by atoms with Crippen LogP contribution < -0.4 is 5.32 Å². The molecule has 2 rings (SSSR count). The number of hydrogen-bond donors (Lipinski definition) is 2. The van der Waals surface area contributed by atoms with Crippen molar-refractivity contribution < 1.29 is 14.7 Å². The first kappa shape index (κ1) is 12.9. The predicted octanol–water partition coefficient (Wildman–Crippen LogP) is 1.75. The number of aliphatic carboxylic acids is 1. The van der Waals surface area contributed by atoms with Gasteiger partial charge in [0, 0.05) is 18.0 Å². The van der Waals surface area contributed by atoms with Crippen molar-refractivity contribution in [3.8, 4) is 0 Å². The van der Waals surface area contributed by atoms with Crippen molar-refractivity contribution in [2.24, 2.45) is 5.92 Å². The Morgan fingerprint density at radius 1 is 1.56 bits per heavy atom. The highest BCUT2D eigenvalue weighted by Gasteiger charge is 2.27. The smallest absolute Gasteiger partial charge is 0.317 e. The van der Waals surface area contributed by atoms with Gasteiger partial charge in [-0.25, -0.2) is 4.79 Å². The zero-order chi connectivity index (χ0) is 13.0. The minimum atomic E-state index is -0.814. The van der Waals surface area contributed by atoms with Crippen LogP contribution in [-0.2, 0) is 11.3 Å². The lowest BCUT2D eigenvalue weighted by atomic mass is 9.99. The van der Waals surface area contributed by atoms with Gasteiger partial charge >= 0.3 is 12.0 Å². The highest BCUT2D eigenvalue weighted by molar-refractivity contribution is 7.09. The number of carbonyl (C=O) groups is 2. The Morgan fingerprint density at radius 2 is 2.39 bits per heavy atom. The number of rotatable bonds is 3. The molecule has 0 aromatic carbocycles. The molecule has 0 saturated carbocycles. The summed E-state index contributed by atoms with van der Waals surface area (Å²) in [5, 5.41) is 13.7. The number of hydrogen-bond acceptors (Lipinski definition) is 3. The second-order valence-electron chi connectivity index (χ2n) is 4.36. The molecule has 0 radical (unpaired) electrons. The van der Waals surface area contributed by atoms with Crippen molar-refractivity contribution in [1.29, 1.82) is 0 Å². The standard InChI is InChI=1S/C12H16N2O3S/c15-11(16)9-3-1-5-14(8-9)12(17)13-7-10-4-2-6-18-10/h2,4,6,9H,1,3,5,7-8H2,(H,13,17)(H,15,16)/t9-/m0/s1. The number of nitrogens with one attached hydrogen (secondary N) is 1. The van der Waals surface area contributed by atoms with Gasteiger partial charge in [-0.2, -0.15) is 0 Å². The molecule has 2 heterocycles. The highest BCUT2D eigenvalue weighted by Crippen LogP contribution is 2.16. The van der Waals surface area contributed by atoms with E-state index in [1.54, 1.807) is 16.2 Å². The lowest BCUT2D eigenvalue weighted by molar-refractivity contribution is -0.143. The van der Waals surface area contributed by atoms with Crippen LogP contribution in [0.3, 0.4) is 0 Å². The van der Waals surface area contributed by atoms with Crippen LogP contribution in [0.1, 0.15) is 17.7 Å². The summed E-state index contributed by atoms with van der Waals surface area (Å²) in [7, 11) is 0. The quantitative estimate of drug-likeness (QED) is 0.877. The minimum absolute atomic E-state index is 0.172. The average Bonchev–Trinajstić information content (AvgIpc) is 2.89. The first-order valence-electron chi connectivity index (χ1n) is 5.95. The van der Waals surface area contributed by atoms with Crippen molar-refractivity contribution in [2.45, 2.75) is 19.4 Å². The molecule has 6 heteroatoms. The van der Waals surface area contributed by atoms with Gasteiger partial charge in [0.1, 0.15) is 0 Å². The van der Waals surface area contributed by atoms with Crippen LogP contribution in [-0.4, -0.2) is 35.1 Å². The van der Waals surface area contributed by atoms with Gasteiger partial charge in [-0.15, -0.1) is 11.3 Å². The van der Waals surface area contributed by atoms with Crippen LogP contribution in [0.5, 0.6) is 0 Å². The Labute approximate surface area is 109 Å². The van der Waals surface area contributed by atoms with Gasteiger partial charge in [0.2, 0.25) is 0 Å². The molecule has 0 aliphatic carbocycles. The van der Waals surface area contributed by atoms with E-state index >= 15 is 0 Å². The van der Waals surface area contributed by atoms with Gasteiger partial charge in [-0.05, 0) is 24.3 Å². The van der Waals surface area contributed by atoms with Gasteiger partial charge < -0.3 is 15.3 Å². The monoisotopic (exact) mass is 268 g/mol. The Morgan fingerprint density at radius 3 is 3.06 bits per heavy atom. The van der Waals surface area contributed by atoms with Crippen LogP contribution in [0.15, 0.2) is 17.5 Å². The van der Waals surface area contributed by atoms with Crippen LogP contribution >= 0.6 is 11.3 Å².